The van der Waals surface area contributed by atoms with Crippen LogP contribution < -0.4 is 4.90 Å². The van der Waals surface area contributed by atoms with Gasteiger partial charge in [-0.15, -0.1) is 0 Å². The number of benzene rings is 2. The summed E-state index contributed by atoms with van der Waals surface area (Å²) in [5, 5.41) is 4.33. The number of nitrogens with zero attached hydrogens (tertiary/aromatic N) is 4. The lowest BCUT2D eigenvalue weighted by molar-refractivity contribution is -0.125. The maximum absolute atomic E-state index is 15.3. The van der Waals surface area contributed by atoms with E-state index in [9.17, 15) is 4.79 Å². The first-order valence-electron chi connectivity index (χ1n) is 12.3. The molecular weight excluding hydrogens is 542 g/mol. The first kappa shape index (κ1) is 22.5. The zero-order chi connectivity index (χ0) is 23.5. The van der Waals surface area contributed by atoms with Gasteiger partial charge in [0.05, 0.1) is 41.4 Å². The van der Waals surface area contributed by atoms with E-state index in [0.29, 0.717) is 18.2 Å². The SMILES string of the molecule is CC1(c2ccc(CN3C(=O)C4(CCN(C5CCC5)CC4)c4ccccc43)c(F)c2)C=NN(I)C1. The Balaban J connectivity index is 1.26. The van der Waals surface area contributed by atoms with Gasteiger partial charge in [-0.25, -0.2) is 7.61 Å². The molecule has 2 fully saturated rings. The van der Waals surface area contributed by atoms with Crippen LogP contribution in [0.5, 0.6) is 0 Å². The minimum Gasteiger partial charge on any atom is -0.307 e. The van der Waals surface area contributed by atoms with Gasteiger partial charge >= 0.3 is 0 Å². The largest absolute Gasteiger partial charge is 0.307 e. The molecule has 1 unspecified atom stereocenters. The molecule has 0 bridgehead atoms. The number of anilines is 1. The fraction of sp³-hybridized carbons (Fsp3) is 0.481. The molecule has 1 aliphatic carbocycles. The third kappa shape index (κ3) is 3.49. The second-order valence-corrected chi connectivity index (χ2v) is 11.7. The normalized spacial score (nSPS) is 26.4. The van der Waals surface area contributed by atoms with Crippen LogP contribution in [-0.4, -0.2) is 45.9 Å². The molecule has 1 saturated carbocycles. The third-order valence-corrected chi connectivity index (χ3v) is 9.17. The van der Waals surface area contributed by atoms with E-state index in [1.807, 2.05) is 44.7 Å². The highest BCUT2D eigenvalue weighted by Gasteiger charge is 2.52. The fourth-order valence-electron chi connectivity index (χ4n) is 6.17. The van der Waals surface area contributed by atoms with Crippen LogP contribution in [0, 0.1) is 5.82 Å². The van der Waals surface area contributed by atoms with Crippen LogP contribution >= 0.6 is 22.9 Å². The number of fused-ring (bicyclic) bond motifs is 2. The molecule has 178 valence electrons. The summed E-state index contributed by atoms with van der Waals surface area (Å²) < 4.78 is 17.2. The Bertz CT molecular complexity index is 1160. The number of para-hydroxylation sites is 1. The minimum absolute atomic E-state index is 0.140. The van der Waals surface area contributed by atoms with E-state index >= 15 is 4.39 Å². The second kappa shape index (κ2) is 8.29. The second-order valence-electron chi connectivity index (χ2n) is 10.6. The van der Waals surface area contributed by atoms with Crippen molar-refractivity contribution in [1.29, 1.82) is 0 Å². The van der Waals surface area contributed by atoms with E-state index in [-0.39, 0.29) is 23.7 Å². The van der Waals surface area contributed by atoms with Gasteiger partial charge in [0.2, 0.25) is 5.91 Å². The summed E-state index contributed by atoms with van der Waals surface area (Å²) in [4.78, 5) is 18.3. The number of hydrogen-bond donors (Lipinski definition) is 0. The van der Waals surface area contributed by atoms with Crippen molar-refractivity contribution in [2.24, 2.45) is 5.10 Å². The van der Waals surface area contributed by atoms with Crippen molar-refractivity contribution in [3.63, 3.8) is 0 Å². The van der Waals surface area contributed by atoms with Gasteiger partial charge in [-0.1, -0.05) is 36.8 Å². The lowest BCUT2D eigenvalue weighted by Crippen LogP contribution is -2.52. The van der Waals surface area contributed by atoms with Crippen molar-refractivity contribution < 1.29 is 9.18 Å². The van der Waals surface area contributed by atoms with Crippen LogP contribution in [0.4, 0.5) is 10.1 Å². The quantitative estimate of drug-likeness (QED) is 0.375. The predicted octanol–water partition coefficient (Wildman–Crippen LogP) is 5.17. The minimum atomic E-state index is -0.467. The van der Waals surface area contributed by atoms with Crippen molar-refractivity contribution in [2.45, 2.75) is 62.4 Å². The van der Waals surface area contributed by atoms with E-state index in [1.54, 1.807) is 6.07 Å². The van der Waals surface area contributed by atoms with Gasteiger partial charge in [-0.2, -0.15) is 5.10 Å². The van der Waals surface area contributed by atoms with E-state index in [2.05, 4.69) is 45.9 Å². The Morgan fingerprint density at radius 3 is 2.56 bits per heavy atom. The smallest absolute Gasteiger partial charge is 0.238 e. The number of piperidine rings is 1. The van der Waals surface area contributed by atoms with Crippen molar-refractivity contribution in [3.8, 4) is 0 Å². The molecule has 7 heteroatoms. The van der Waals surface area contributed by atoms with Gasteiger partial charge in [-0.05, 0) is 69.0 Å². The van der Waals surface area contributed by atoms with E-state index in [0.717, 1.165) is 42.7 Å². The van der Waals surface area contributed by atoms with Crippen LogP contribution in [0.3, 0.4) is 0 Å². The van der Waals surface area contributed by atoms with Crippen LogP contribution in [0.2, 0.25) is 0 Å². The first-order valence-corrected chi connectivity index (χ1v) is 13.3. The monoisotopic (exact) mass is 572 g/mol. The average Bonchev–Trinajstić information content (AvgIpc) is 3.26. The Hall–Kier alpha value is -2.00. The maximum atomic E-state index is 15.3. The molecule has 34 heavy (non-hydrogen) atoms. The Kier molecular flexibility index (Phi) is 5.48. The molecule has 1 spiro atoms. The van der Waals surface area contributed by atoms with Crippen LogP contribution in [-0.2, 0) is 22.2 Å². The molecule has 3 heterocycles. The van der Waals surface area contributed by atoms with Gasteiger partial charge in [-0.3, -0.25) is 4.79 Å². The standard InChI is InChI=1S/C27H30FIN4O/c1-26(17-30-33(29)18-26)20-10-9-19(23(28)15-20)16-32-24-8-3-2-7-22(24)27(25(32)34)11-13-31(14-12-27)21-5-4-6-21/h2-3,7-10,15,17,21H,4-6,11-14,16,18H2,1H3. The Morgan fingerprint density at radius 1 is 1.15 bits per heavy atom. The predicted molar refractivity (Wildman–Crippen MR) is 141 cm³/mol. The van der Waals surface area contributed by atoms with Crippen LogP contribution in [0.15, 0.2) is 47.6 Å². The molecular formula is C27H30FIN4O. The molecule has 1 saturated heterocycles. The lowest BCUT2D eigenvalue weighted by Gasteiger charge is -2.45. The van der Waals surface area contributed by atoms with Gasteiger partial charge in [0.1, 0.15) is 5.82 Å². The van der Waals surface area contributed by atoms with E-state index in [1.165, 1.54) is 19.3 Å². The van der Waals surface area contributed by atoms with Gasteiger partial charge in [0.15, 0.2) is 0 Å². The highest BCUT2D eigenvalue weighted by atomic mass is 127. The van der Waals surface area contributed by atoms with Crippen molar-refractivity contribution >= 4 is 40.7 Å². The first-order chi connectivity index (χ1) is 16.4. The third-order valence-electron chi connectivity index (χ3n) is 8.58. The molecule has 4 aliphatic rings. The van der Waals surface area contributed by atoms with Crippen molar-refractivity contribution in [1.82, 2.24) is 8.12 Å². The topological polar surface area (TPSA) is 39.2 Å². The fourth-order valence-corrected chi connectivity index (χ4v) is 7.00. The van der Waals surface area contributed by atoms with Crippen LogP contribution in [0.25, 0.3) is 0 Å². The molecule has 3 aliphatic heterocycles. The molecule has 1 amide bonds. The van der Waals surface area contributed by atoms with Crippen molar-refractivity contribution in [2.75, 3.05) is 24.5 Å². The van der Waals surface area contributed by atoms with E-state index in [4.69, 9.17) is 0 Å². The number of rotatable bonds is 4. The molecule has 0 aromatic heterocycles. The molecule has 0 radical (unpaired) electrons. The maximum Gasteiger partial charge on any atom is 0.238 e. The number of carbonyl (C=O) groups excluding carboxylic acids is 1. The number of amides is 1. The summed E-state index contributed by atoms with van der Waals surface area (Å²) in [5.41, 5.74) is 2.76. The van der Waals surface area contributed by atoms with Crippen LogP contribution in [0.1, 0.15) is 55.7 Å². The van der Waals surface area contributed by atoms with Gasteiger partial charge in [0.25, 0.3) is 0 Å². The van der Waals surface area contributed by atoms with Gasteiger partial charge in [0, 0.05) is 28.9 Å². The Labute approximate surface area is 214 Å². The number of halogens is 2. The number of hydrogen-bond acceptors (Lipinski definition) is 4. The molecule has 5 nitrogen and oxygen atoms in total. The molecule has 2 aromatic carbocycles. The molecule has 2 aromatic rings. The number of likely N-dealkylation sites (tertiary alicyclic amines) is 1. The zero-order valence-electron chi connectivity index (χ0n) is 19.5. The summed E-state index contributed by atoms with van der Waals surface area (Å²) in [5.74, 6) is -0.119. The number of hydrazone groups is 1. The molecule has 0 N–H and O–H groups in total. The summed E-state index contributed by atoms with van der Waals surface area (Å²) in [6.07, 6.45) is 7.49. The Morgan fingerprint density at radius 2 is 1.91 bits per heavy atom. The summed E-state index contributed by atoms with van der Waals surface area (Å²) in [6.45, 7) is 4.98. The summed E-state index contributed by atoms with van der Waals surface area (Å²) >= 11 is 2.16. The molecule has 6 rings (SSSR count). The van der Waals surface area contributed by atoms with Crippen molar-refractivity contribution in [3.05, 3.63) is 65.0 Å². The molecule has 1 atom stereocenters. The highest BCUT2D eigenvalue weighted by molar-refractivity contribution is 14.1. The van der Waals surface area contributed by atoms with E-state index < -0.39 is 5.41 Å². The average molecular weight is 572 g/mol. The van der Waals surface area contributed by atoms with Gasteiger partial charge < -0.3 is 9.80 Å². The lowest BCUT2D eigenvalue weighted by atomic mass is 9.73. The summed E-state index contributed by atoms with van der Waals surface area (Å²) in [6, 6.07) is 14.3. The summed E-state index contributed by atoms with van der Waals surface area (Å²) in [7, 11) is 0. The highest BCUT2D eigenvalue weighted by Crippen LogP contribution is 2.49. The number of carbonyl (C=O) groups is 1. The zero-order valence-corrected chi connectivity index (χ0v) is 21.7.